The Hall–Kier alpha value is -2.94. The highest BCUT2D eigenvalue weighted by molar-refractivity contribution is 6.33. The lowest BCUT2D eigenvalue weighted by Crippen LogP contribution is -2.49. The van der Waals surface area contributed by atoms with Crippen molar-refractivity contribution < 1.29 is 18.8 Å². The third-order valence-electron chi connectivity index (χ3n) is 6.07. The molecule has 1 aliphatic carbocycles. The summed E-state index contributed by atoms with van der Waals surface area (Å²) < 4.78 is 5.72. The molecule has 2 heterocycles. The van der Waals surface area contributed by atoms with E-state index in [4.69, 9.17) is 16.0 Å². The molecular formula is C22H26ClN5O4. The largest absolute Gasteiger partial charge is 0.419 e. The van der Waals surface area contributed by atoms with Gasteiger partial charge in [-0.3, -0.25) is 14.5 Å². The minimum absolute atomic E-state index is 0.0583. The molecule has 2 aliphatic rings. The van der Waals surface area contributed by atoms with E-state index in [2.05, 4.69) is 15.5 Å². The van der Waals surface area contributed by atoms with Crippen molar-refractivity contribution in [2.24, 2.45) is 0 Å². The number of aromatic nitrogens is 2. The SMILES string of the molecule is CC(C)N(Cc1nnc(-c2ccccc2Cl)o1)C(=O)CN1C(=O)NC2(CCCCC2)C1=O. The van der Waals surface area contributed by atoms with Crippen LogP contribution >= 0.6 is 11.6 Å². The Morgan fingerprint density at radius 2 is 1.94 bits per heavy atom. The molecule has 0 bridgehead atoms. The van der Waals surface area contributed by atoms with Crippen LogP contribution in [0.1, 0.15) is 51.8 Å². The molecule has 4 rings (SSSR count). The van der Waals surface area contributed by atoms with E-state index < -0.39 is 11.6 Å². The first-order valence-corrected chi connectivity index (χ1v) is 11.2. The molecule has 9 nitrogen and oxygen atoms in total. The zero-order valence-corrected chi connectivity index (χ0v) is 18.9. The number of imide groups is 1. The molecule has 1 spiro atoms. The molecule has 0 atom stereocenters. The Kier molecular flexibility index (Phi) is 6.19. The first-order valence-electron chi connectivity index (χ1n) is 10.8. The predicted octanol–water partition coefficient (Wildman–Crippen LogP) is 3.38. The normalized spacial score (nSPS) is 17.8. The lowest BCUT2D eigenvalue weighted by Gasteiger charge is -2.31. The number of rotatable bonds is 6. The number of carbonyl (C=O) groups excluding carboxylic acids is 3. The van der Waals surface area contributed by atoms with Crippen LogP contribution in [0.4, 0.5) is 4.79 Å². The number of hydrogen-bond acceptors (Lipinski definition) is 6. The molecule has 2 aromatic rings. The Labute approximate surface area is 191 Å². The van der Waals surface area contributed by atoms with Crippen LogP contribution in [0.25, 0.3) is 11.5 Å². The number of benzene rings is 1. The maximum atomic E-state index is 13.1. The first kappa shape index (κ1) is 22.3. The van der Waals surface area contributed by atoms with E-state index in [-0.39, 0.29) is 42.7 Å². The summed E-state index contributed by atoms with van der Waals surface area (Å²) in [4.78, 5) is 41.1. The molecule has 0 radical (unpaired) electrons. The van der Waals surface area contributed by atoms with Crippen LogP contribution in [0.5, 0.6) is 0 Å². The van der Waals surface area contributed by atoms with Crippen molar-refractivity contribution in [3.63, 3.8) is 0 Å². The minimum Gasteiger partial charge on any atom is -0.419 e. The molecule has 1 aliphatic heterocycles. The molecule has 10 heteroatoms. The summed E-state index contributed by atoms with van der Waals surface area (Å²) >= 11 is 6.19. The van der Waals surface area contributed by atoms with Crippen molar-refractivity contribution >= 4 is 29.4 Å². The molecular weight excluding hydrogens is 434 g/mol. The fraction of sp³-hybridized carbons (Fsp3) is 0.500. The van der Waals surface area contributed by atoms with E-state index in [0.717, 1.165) is 24.2 Å². The quantitative estimate of drug-likeness (QED) is 0.663. The van der Waals surface area contributed by atoms with Gasteiger partial charge < -0.3 is 14.6 Å². The fourth-order valence-electron chi connectivity index (χ4n) is 4.31. The maximum Gasteiger partial charge on any atom is 0.325 e. The van der Waals surface area contributed by atoms with Gasteiger partial charge in [-0.25, -0.2) is 4.79 Å². The van der Waals surface area contributed by atoms with Gasteiger partial charge in [0.05, 0.1) is 17.1 Å². The molecule has 2 fully saturated rings. The van der Waals surface area contributed by atoms with Crippen molar-refractivity contribution in [1.82, 2.24) is 25.3 Å². The monoisotopic (exact) mass is 459 g/mol. The number of nitrogens with one attached hydrogen (secondary N) is 1. The zero-order valence-electron chi connectivity index (χ0n) is 18.1. The van der Waals surface area contributed by atoms with Crippen LogP contribution < -0.4 is 5.32 Å². The van der Waals surface area contributed by atoms with Crippen molar-refractivity contribution in [1.29, 1.82) is 0 Å². The van der Waals surface area contributed by atoms with Gasteiger partial charge in [-0.15, -0.1) is 10.2 Å². The third kappa shape index (κ3) is 4.21. The van der Waals surface area contributed by atoms with E-state index in [9.17, 15) is 14.4 Å². The molecule has 1 saturated heterocycles. The number of carbonyl (C=O) groups is 3. The van der Waals surface area contributed by atoms with Gasteiger partial charge in [-0.05, 0) is 38.8 Å². The smallest absolute Gasteiger partial charge is 0.325 e. The van der Waals surface area contributed by atoms with E-state index >= 15 is 0 Å². The average molecular weight is 460 g/mol. The van der Waals surface area contributed by atoms with Crippen LogP contribution in [0.3, 0.4) is 0 Å². The second-order valence-electron chi connectivity index (χ2n) is 8.56. The molecule has 170 valence electrons. The number of urea groups is 1. The standard InChI is InChI=1S/C22H26ClN5O4/c1-14(2)27(12-17-25-26-19(32-17)15-8-4-5-9-16(15)23)18(29)13-28-20(30)22(24-21(28)31)10-6-3-7-11-22/h4-5,8-9,14H,3,6-7,10-13H2,1-2H3,(H,24,31). The highest BCUT2D eigenvalue weighted by Crippen LogP contribution is 2.33. The lowest BCUT2D eigenvalue weighted by atomic mass is 9.82. The summed E-state index contributed by atoms with van der Waals surface area (Å²) in [5.74, 6) is -0.176. The molecule has 1 aromatic heterocycles. The average Bonchev–Trinajstić information content (AvgIpc) is 3.31. The number of hydrogen-bond donors (Lipinski definition) is 1. The van der Waals surface area contributed by atoms with Crippen LogP contribution in [0.15, 0.2) is 28.7 Å². The third-order valence-corrected chi connectivity index (χ3v) is 6.40. The van der Waals surface area contributed by atoms with Gasteiger partial charge in [0.2, 0.25) is 17.7 Å². The maximum absolute atomic E-state index is 13.1. The number of halogens is 1. The summed E-state index contributed by atoms with van der Waals surface area (Å²) in [6, 6.07) is 6.39. The highest BCUT2D eigenvalue weighted by Gasteiger charge is 2.51. The molecule has 1 saturated carbocycles. The Morgan fingerprint density at radius 3 is 2.62 bits per heavy atom. The fourth-order valence-corrected chi connectivity index (χ4v) is 4.52. The number of nitrogens with zero attached hydrogens (tertiary/aromatic N) is 4. The highest BCUT2D eigenvalue weighted by atomic mass is 35.5. The van der Waals surface area contributed by atoms with E-state index in [1.54, 1.807) is 18.2 Å². The first-order chi connectivity index (χ1) is 15.3. The summed E-state index contributed by atoms with van der Waals surface area (Å²) in [5, 5.41) is 11.4. The van der Waals surface area contributed by atoms with Gasteiger partial charge >= 0.3 is 6.03 Å². The summed E-state index contributed by atoms with van der Waals surface area (Å²) in [5.41, 5.74) is -0.248. The van der Waals surface area contributed by atoms with Crippen molar-refractivity contribution in [2.45, 2.75) is 64.1 Å². The van der Waals surface area contributed by atoms with Crippen LogP contribution in [0.2, 0.25) is 5.02 Å². The summed E-state index contributed by atoms with van der Waals surface area (Å²) in [7, 11) is 0. The summed E-state index contributed by atoms with van der Waals surface area (Å²) in [6.45, 7) is 3.42. The zero-order chi connectivity index (χ0) is 22.9. The lowest BCUT2D eigenvalue weighted by molar-refractivity contribution is -0.141. The summed E-state index contributed by atoms with van der Waals surface area (Å²) in [6.07, 6.45) is 4.05. The van der Waals surface area contributed by atoms with Crippen molar-refractivity contribution in [3.8, 4) is 11.5 Å². The van der Waals surface area contributed by atoms with Gasteiger partial charge in [0.25, 0.3) is 5.91 Å². The molecule has 32 heavy (non-hydrogen) atoms. The second-order valence-corrected chi connectivity index (χ2v) is 8.97. The van der Waals surface area contributed by atoms with E-state index in [1.807, 2.05) is 19.9 Å². The molecule has 1 aromatic carbocycles. The van der Waals surface area contributed by atoms with Crippen molar-refractivity contribution in [2.75, 3.05) is 6.54 Å². The molecule has 1 N–H and O–H groups in total. The Bertz CT molecular complexity index is 1030. The van der Waals surface area contributed by atoms with Crippen LogP contribution in [-0.4, -0.2) is 56.0 Å². The van der Waals surface area contributed by atoms with Gasteiger partial charge in [-0.2, -0.15) is 0 Å². The van der Waals surface area contributed by atoms with E-state index in [0.29, 0.717) is 23.4 Å². The van der Waals surface area contributed by atoms with Crippen LogP contribution in [-0.2, 0) is 16.1 Å². The van der Waals surface area contributed by atoms with Crippen molar-refractivity contribution in [3.05, 3.63) is 35.2 Å². The van der Waals surface area contributed by atoms with E-state index in [1.165, 1.54) is 4.90 Å². The predicted molar refractivity (Wildman–Crippen MR) is 116 cm³/mol. The van der Waals surface area contributed by atoms with Crippen LogP contribution in [0, 0.1) is 0 Å². The van der Waals surface area contributed by atoms with Gasteiger partial charge in [-0.1, -0.05) is 43.0 Å². The molecule has 4 amide bonds. The topological polar surface area (TPSA) is 109 Å². The van der Waals surface area contributed by atoms with Gasteiger partial charge in [0.15, 0.2) is 0 Å². The Balaban J connectivity index is 1.47. The molecule has 0 unspecified atom stereocenters. The Morgan fingerprint density at radius 1 is 1.22 bits per heavy atom. The van der Waals surface area contributed by atoms with Gasteiger partial charge in [0, 0.05) is 6.04 Å². The second kappa shape index (κ2) is 8.90. The van der Waals surface area contributed by atoms with Gasteiger partial charge in [0.1, 0.15) is 12.1 Å². The minimum atomic E-state index is -0.853. The number of amides is 4.